The summed E-state index contributed by atoms with van der Waals surface area (Å²) in [6.07, 6.45) is 0. The van der Waals surface area contributed by atoms with Crippen molar-refractivity contribution < 1.29 is 13.9 Å². The second-order valence-electron chi connectivity index (χ2n) is 12.4. The number of aromatic nitrogens is 1. The fourth-order valence-electron chi connectivity index (χ4n) is 6.69. The molecule has 7 nitrogen and oxygen atoms in total. The standard InChI is InChI=1S/C44H26N4O3/c45-24-33-21-39-38-18-12-32(22-42(38)50-43(39)23-34(33)25-46)29-7-8-31-20-37(17-11-30(31)19-29)48(35-13-5-27(26-49)6-14-35)36-15-9-28(10-16-36)44-47-40-3-1-2-4-41(40)51-44/h1-23,49H,26H2. The minimum absolute atomic E-state index is 0.0225. The van der Waals surface area contributed by atoms with Gasteiger partial charge in [0.2, 0.25) is 5.89 Å². The summed E-state index contributed by atoms with van der Waals surface area (Å²) >= 11 is 0. The highest BCUT2D eigenvalue weighted by atomic mass is 16.3. The predicted molar refractivity (Wildman–Crippen MR) is 200 cm³/mol. The van der Waals surface area contributed by atoms with Crippen molar-refractivity contribution in [3.05, 3.63) is 156 Å². The lowest BCUT2D eigenvalue weighted by atomic mass is 9.99. The van der Waals surface area contributed by atoms with E-state index in [9.17, 15) is 15.6 Å². The van der Waals surface area contributed by atoms with Crippen LogP contribution in [0, 0.1) is 22.7 Å². The highest BCUT2D eigenvalue weighted by Gasteiger charge is 2.16. The Morgan fingerprint density at radius 2 is 1.18 bits per heavy atom. The van der Waals surface area contributed by atoms with Crippen LogP contribution in [-0.2, 0) is 6.61 Å². The molecule has 240 valence electrons. The lowest BCUT2D eigenvalue weighted by Gasteiger charge is -2.26. The van der Waals surface area contributed by atoms with Crippen LogP contribution in [0.5, 0.6) is 0 Å². The van der Waals surface area contributed by atoms with Crippen LogP contribution >= 0.6 is 0 Å². The van der Waals surface area contributed by atoms with Crippen molar-refractivity contribution in [1.29, 1.82) is 10.5 Å². The molecular weight excluding hydrogens is 633 g/mol. The first-order valence-electron chi connectivity index (χ1n) is 16.4. The number of anilines is 3. The van der Waals surface area contributed by atoms with Gasteiger partial charge in [0.25, 0.3) is 0 Å². The molecule has 51 heavy (non-hydrogen) atoms. The van der Waals surface area contributed by atoms with E-state index in [0.29, 0.717) is 28.2 Å². The number of aliphatic hydroxyl groups excluding tert-OH is 1. The van der Waals surface area contributed by atoms with Crippen LogP contribution in [-0.4, -0.2) is 10.1 Å². The first-order valence-corrected chi connectivity index (χ1v) is 16.4. The molecule has 0 aliphatic heterocycles. The number of oxazole rings is 1. The normalized spacial score (nSPS) is 11.3. The Morgan fingerprint density at radius 1 is 0.549 bits per heavy atom. The second-order valence-corrected chi connectivity index (χ2v) is 12.4. The van der Waals surface area contributed by atoms with Gasteiger partial charge in [0.05, 0.1) is 17.7 Å². The number of nitrogens with zero attached hydrogens (tertiary/aromatic N) is 4. The van der Waals surface area contributed by atoms with Gasteiger partial charge in [-0.2, -0.15) is 10.5 Å². The van der Waals surface area contributed by atoms with Crippen molar-refractivity contribution in [1.82, 2.24) is 4.98 Å². The van der Waals surface area contributed by atoms with Crippen LogP contribution in [0.3, 0.4) is 0 Å². The summed E-state index contributed by atoms with van der Waals surface area (Å²) in [6.45, 7) is -0.0225. The summed E-state index contributed by atoms with van der Waals surface area (Å²) in [5.74, 6) is 0.573. The van der Waals surface area contributed by atoms with Gasteiger partial charge >= 0.3 is 0 Å². The molecule has 0 atom stereocenters. The average Bonchev–Trinajstić information content (AvgIpc) is 3.78. The Kier molecular flexibility index (Phi) is 7.07. The van der Waals surface area contributed by atoms with Crippen LogP contribution in [0.1, 0.15) is 16.7 Å². The Balaban J connectivity index is 1.08. The number of para-hydroxylation sites is 2. The predicted octanol–water partition coefficient (Wildman–Crippen LogP) is 10.9. The number of benzene rings is 7. The largest absolute Gasteiger partial charge is 0.456 e. The van der Waals surface area contributed by atoms with Crippen molar-refractivity contribution in [3.8, 4) is 34.7 Å². The van der Waals surface area contributed by atoms with Crippen LogP contribution in [0.15, 0.2) is 148 Å². The lowest BCUT2D eigenvalue weighted by molar-refractivity contribution is 0.282. The molecule has 0 aliphatic rings. The van der Waals surface area contributed by atoms with Gasteiger partial charge in [-0.25, -0.2) is 4.98 Å². The van der Waals surface area contributed by atoms with Crippen LogP contribution in [0.4, 0.5) is 17.1 Å². The third-order valence-electron chi connectivity index (χ3n) is 9.31. The summed E-state index contributed by atoms with van der Waals surface area (Å²) in [4.78, 5) is 6.85. The van der Waals surface area contributed by atoms with Crippen molar-refractivity contribution in [3.63, 3.8) is 0 Å². The van der Waals surface area contributed by atoms with Crippen molar-refractivity contribution >= 4 is 60.9 Å². The molecule has 2 aromatic heterocycles. The van der Waals surface area contributed by atoms with E-state index in [1.807, 2.05) is 72.8 Å². The Morgan fingerprint density at radius 3 is 1.94 bits per heavy atom. The van der Waals surface area contributed by atoms with Gasteiger partial charge in [0.15, 0.2) is 5.58 Å². The molecule has 0 spiro atoms. The quantitative estimate of drug-likeness (QED) is 0.189. The smallest absolute Gasteiger partial charge is 0.227 e. The number of aliphatic hydroxyl groups is 1. The zero-order valence-corrected chi connectivity index (χ0v) is 27.0. The number of rotatable bonds is 6. The Hall–Kier alpha value is -7.19. The monoisotopic (exact) mass is 658 g/mol. The molecule has 0 aliphatic carbocycles. The number of hydrogen-bond donors (Lipinski definition) is 1. The SMILES string of the molecule is N#Cc1cc2oc3cc(-c4ccc5cc(N(c6ccc(CO)cc6)c6ccc(-c7nc8ccccc8o7)cc6)ccc5c4)ccc3c2cc1C#N. The number of fused-ring (bicyclic) bond motifs is 5. The number of hydrogen-bond acceptors (Lipinski definition) is 7. The Labute approximate surface area is 292 Å². The van der Waals surface area contributed by atoms with Gasteiger partial charge in [-0.05, 0) is 112 Å². The molecule has 0 fully saturated rings. The molecular formula is C44H26N4O3. The zero-order chi connectivity index (χ0) is 34.5. The molecule has 0 saturated carbocycles. The minimum atomic E-state index is -0.0225. The minimum Gasteiger partial charge on any atom is -0.456 e. The second kappa shape index (κ2) is 12.0. The van der Waals surface area contributed by atoms with E-state index in [4.69, 9.17) is 8.83 Å². The van der Waals surface area contributed by atoms with E-state index in [-0.39, 0.29) is 6.61 Å². The average molecular weight is 659 g/mol. The third kappa shape index (κ3) is 5.23. The van der Waals surface area contributed by atoms with Crippen LogP contribution in [0.25, 0.3) is 66.4 Å². The first kappa shape index (κ1) is 29.9. The molecule has 0 radical (unpaired) electrons. The van der Waals surface area contributed by atoms with Gasteiger partial charge in [0, 0.05) is 39.5 Å². The summed E-state index contributed by atoms with van der Waals surface area (Å²) in [5, 5.41) is 32.5. The van der Waals surface area contributed by atoms with Gasteiger partial charge in [0.1, 0.15) is 28.8 Å². The highest BCUT2D eigenvalue weighted by molar-refractivity contribution is 6.07. The van der Waals surface area contributed by atoms with Crippen LogP contribution < -0.4 is 4.90 Å². The van der Waals surface area contributed by atoms with Crippen molar-refractivity contribution in [2.45, 2.75) is 6.61 Å². The fourth-order valence-corrected chi connectivity index (χ4v) is 6.69. The maximum absolute atomic E-state index is 9.68. The maximum atomic E-state index is 9.68. The van der Waals surface area contributed by atoms with E-state index in [1.165, 1.54) is 0 Å². The van der Waals surface area contributed by atoms with Gasteiger partial charge in [-0.15, -0.1) is 0 Å². The summed E-state index contributed by atoms with van der Waals surface area (Å²) in [6, 6.07) is 50.3. The van der Waals surface area contributed by atoms with Gasteiger partial charge in [-0.1, -0.05) is 48.5 Å². The molecule has 0 unspecified atom stereocenters. The van der Waals surface area contributed by atoms with E-state index >= 15 is 0 Å². The maximum Gasteiger partial charge on any atom is 0.227 e. The topological polar surface area (TPSA) is 110 Å². The molecule has 7 aromatic carbocycles. The number of nitriles is 2. The van der Waals surface area contributed by atoms with E-state index in [0.717, 1.165) is 72.0 Å². The number of furan rings is 1. The molecule has 1 N–H and O–H groups in total. The first-order chi connectivity index (χ1) is 25.1. The molecule has 0 bridgehead atoms. The van der Waals surface area contributed by atoms with Crippen LogP contribution in [0.2, 0.25) is 0 Å². The zero-order valence-electron chi connectivity index (χ0n) is 27.0. The van der Waals surface area contributed by atoms with Gasteiger partial charge < -0.3 is 18.8 Å². The lowest BCUT2D eigenvalue weighted by Crippen LogP contribution is -2.10. The summed E-state index contributed by atoms with van der Waals surface area (Å²) in [5.41, 5.74) is 10.2. The molecule has 2 heterocycles. The third-order valence-corrected chi connectivity index (χ3v) is 9.31. The fraction of sp³-hybridized carbons (Fsp3) is 0.0227. The summed E-state index contributed by atoms with van der Waals surface area (Å²) < 4.78 is 12.2. The van der Waals surface area contributed by atoms with E-state index < -0.39 is 0 Å². The van der Waals surface area contributed by atoms with E-state index in [1.54, 1.807) is 12.1 Å². The molecule has 9 rings (SSSR count). The molecule has 9 aromatic rings. The molecule has 0 saturated heterocycles. The Bertz CT molecular complexity index is 2840. The van der Waals surface area contributed by atoms with Crippen molar-refractivity contribution in [2.75, 3.05) is 4.90 Å². The van der Waals surface area contributed by atoms with Gasteiger partial charge in [-0.3, -0.25) is 0 Å². The van der Waals surface area contributed by atoms with E-state index in [2.05, 4.69) is 76.6 Å². The van der Waals surface area contributed by atoms with Crippen molar-refractivity contribution in [2.24, 2.45) is 0 Å². The molecule has 7 heteroatoms. The summed E-state index contributed by atoms with van der Waals surface area (Å²) in [7, 11) is 0. The molecule has 0 amide bonds. The highest BCUT2D eigenvalue weighted by Crippen LogP contribution is 2.39.